The number of aromatic nitrogens is 1. The Balaban J connectivity index is 1.14. The second-order valence-electron chi connectivity index (χ2n) is 20.8. The quantitative estimate of drug-likeness (QED) is 0.0773. The highest BCUT2D eigenvalue weighted by molar-refractivity contribution is 6.05. The van der Waals surface area contributed by atoms with Crippen molar-refractivity contribution in [1.29, 1.82) is 0 Å². The average molecular weight is 994 g/mol. The summed E-state index contributed by atoms with van der Waals surface area (Å²) in [6.07, 6.45) is 9.71. The summed E-state index contributed by atoms with van der Waals surface area (Å²) in [5.74, 6) is 9.30. The summed E-state index contributed by atoms with van der Waals surface area (Å²) in [5.41, 5.74) is 9.12. The molecule has 0 amide bonds. The van der Waals surface area contributed by atoms with Gasteiger partial charge in [-0.15, -0.1) is 0 Å². The number of nitrogens with one attached hydrogen (secondary N) is 1. The Hall–Kier alpha value is -6.97. The van der Waals surface area contributed by atoms with E-state index in [1.165, 1.54) is 12.0 Å². The van der Waals surface area contributed by atoms with E-state index in [2.05, 4.69) is 83.6 Å². The molecule has 12 rings (SSSR count). The fourth-order valence-electron chi connectivity index (χ4n) is 12.3. The summed E-state index contributed by atoms with van der Waals surface area (Å²) in [7, 11) is 1.57. The third-order valence-electron chi connectivity index (χ3n) is 16.1. The van der Waals surface area contributed by atoms with Crippen LogP contribution in [0.1, 0.15) is 109 Å². The number of rotatable bonds is 10. The number of hydrogen-bond donors (Lipinski definition) is 4. The van der Waals surface area contributed by atoms with Crippen molar-refractivity contribution in [2.75, 3.05) is 44.9 Å². The van der Waals surface area contributed by atoms with Crippen LogP contribution in [0.15, 0.2) is 115 Å². The molecule has 5 aliphatic heterocycles. The molecular weight excluding hydrogens is 927 g/mol. The van der Waals surface area contributed by atoms with Crippen molar-refractivity contribution in [3.63, 3.8) is 0 Å². The molecule has 1 spiro atoms. The molecule has 1 aromatic heterocycles. The number of aliphatic hydroxyl groups is 2. The highest BCUT2D eigenvalue weighted by Crippen LogP contribution is 2.56. The van der Waals surface area contributed by atoms with E-state index in [-0.39, 0.29) is 79.1 Å². The molecule has 6 atom stereocenters. The first kappa shape index (κ1) is 49.3. The van der Waals surface area contributed by atoms with Crippen LogP contribution in [-0.4, -0.2) is 84.1 Å². The van der Waals surface area contributed by atoms with Gasteiger partial charge in [-0.1, -0.05) is 159 Å². The van der Waals surface area contributed by atoms with E-state index < -0.39 is 18.1 Å². The summed E-state index contributed by atoms with van der Waals surface area (Å²) in [6.45, 7) is 3.71. The minimum atomic E-state index is -0.831. The molecule has 74 heavy (non-hydrogen) atoms. The van der Waals surface area contributed by atoms with Gasteiger partial charge in [0, 0.05) is 18.9 Å². The molecule has 6 aromatic rings. The normalized spacial score (nSPS) is 22.3. The van der Waals surface area contributed by atoms with Crippen molar-refractivity contribution in [2.45, 2.75) is 107 Å². The Morgan fingerprint density at radius 3 is 2.49 bits per heavy atom. The van der Waals surface area contributed by atoms with Gasteiger partial charge in [0.2, 0.25) is 5.75 Å². The number of phenols is 1. The molecular formula is C63H67N3O8. The first-order chi connectivity index (χ1) is 36.2. The smallest absolute Gasteiger partial charge is 0.335 e. The molecule has 1 unspecified atom stereocenters. The largest absolute Gasteiger partial charge is 0.508 e. The standard InChI is InChI=1S/C63H66N3O8/c1-3-48-36-51-45-14-10-13-42(34-45)35-46-20-26-52-61(66(31-30-64-52)62(51)65-48)63(28-8-5-9-29-63)47-21-15-41(16-22-47)33-43(38-67)39-73-58-55(46)57-56(53(70)37-54(74-57)44-18-24-49(68)25-19-44)59(60(58)71-2)72-32-27-50(69)23-17-40-11-6-4-7-12-40/h4,6-7,10-19,21-25,34,36,43,46,50,52,54,61,64,67-69H,3,5,8-9,27-33,35,37-39H2,1-2H3/q-1/p+1/b23-17+/t43-,46-,50+,52+,54?,61-/m1/s1. The second kappa shape index (κ2) is 21.5. The van der Waals surface area contributed by atoms with Crippen LogP contribution in [0.5, 0.6) is 28.7 Å². The van der Waals surface area contributed by atoms with E-state index in [1.54, 1.807) is 25.3 Å². The molecule has 11 nitrogen and oxygen atoms in total. The molecule has 6 heterocycles. The predicted molar refractivity (Wildman–Crippen MR) is 289 cm³/mol. The molecule has 0 radical (unpaired) electrons. The van der Waals surface area contributed by atoms with Crippen molar-refractivity contribution in [2.24, 2.45) is 5.92 Å². The van der Waals surface area contributed by atoms with E-state index in [0.29, 0.717) is 42.0 Å². The highest BCUT2D eigenvalue weighted by Gasteiger charge is 2.47. The van der Waals surface area contributed by atoms with Gasteiger partial charge < -0.3 is 49.5 Å². The first-order valence-corrected chi connectivity index (χ1v) is 26.7. The van der Waals surface area contributed by atoms with Crippen LogP contribution in [0.3, 0.4) is 0 Å². The highest BCUT2D eigenvalue weighted by atomic mass is 16.5. The van der Waals surface area contributed by atoms with Gasteiger partial charge in [-0.25, -0.2) is 0 Å². The summed E-state index contributed by atoms with van der Waals surface area (Å²) >= 11 is 0. The van der Waals surface area contributed by atoms with Crippen molar-refractivity contribution in [3.8, 4) is 51.7 Å². The van der Waals surface area contributed by atoms with Crippen LogP contribution < -0.4 is 34.1 Å². The number of ether oxygens (including phenoxy) is 4. The molecule has 382 valence electrons. The number of nitrogens with zero attached hydrogens (tertiary/aromatic N) is 2. The van der Waals surface area contributed by atoms with Crippen LogP contribution in [0, 0.1) is 17.8 Å². The van der Waals surface area contributed by atoms with Crippen LogP contribution in [0.4, 0.5) is 5.82 Å². The maximum Gasteiger partial charge on any atom is 0.335 e. The Bertz CT molecular complexity index is 3060. The Labute approximate surface area is 434 Å². The number of hydrogen-bond acceptors (Lipinski definition) is 9. The Morgan fingerprint density at radius 2 is 1.72 bits per heavy atom. The molecule has 1 saturated carbocycles. The molecule has 8 bridgehead atoms. The SMILES string of the molecule is CCc1cc2c([n-]1)N1CCN[C@H]3C#C[C@H](Cc4cccc-2c4)c2c(c(OC)c(OCC[C@@H](O)/C=C/c4ccccc4)c4c2OC(c2ccc(O)cc2)CC4=[OH+])OC[C@@H](CO)Cc2ccc(cc2)C2(CCCCC2)[C@@H]31. The maximum absolute atomic E-state index is 12.5. The van der Waals surface area contributed by atoms with Gasteiger partial charge in [0.1, 0.15) is 24.0 Å². The van der Waals surface area contributed by atoms with Crippen molar-refractivity contribution >= 4 is 17.7 Å². The van der Waals surface area contributed by atoms with Crippen molar-refractivity contribution in [1.82, 2.24) is 10.3 Å². The number of carbonyl (C=O) groups excluding carboxylic acids is 1. The molecule has 11 heteroatoms. The number of aromatic hydroxyl groups is 1. The molecule has 6 aliphatic rings. The van der Waals surface area contributed by atoms with Gasteiger partial charge in [0.15, 0.2) is 17.1 Å². The molecule has 5 N–H and O–H groups in total. The number of methoxy groups -OCH3 is 1. The number of anilines is 1. The minimum Gasteiger partial charge on any atom is -0.508 e. The average Bonchev–Trinajstić information content (AvgIpc) is 3.88. The topological polar surface area (TPSA) is 148 Å². The zero-order chi connectivity index (χ0) is 50.8. The first-order valence-electron chi connectivity index (χ1n) is 26.7. The monoisotopic (exact) mass is 993 g/mol. The Kier molecular flexibility index (Phi) is 14.3. The Morgan fingerprint density at radius 1 is 0.905 bits per heavy atom. The number of piperazine rings is 1. The minimum absolute atomic E-state index is 0.0308. The van der Waals surface area contributed by atoms with Crippen molar-refractivity contribution < 1.29 is 39.1 Å². The molecule has 1 aliphatic carbocycles. The van der Waals surface area contributed by atoms with E-state index >= 15 is 0 Å². The van der Waals surface area contributed by atoms with Gasteiger partial charge in [-0.3, -0.25) is 4.79 Å². The molecule has 2 fully saturated rings. The third-order valence-corrected chi connectivity index (χ3v) is 16.1. The summed E-state index contributed by atoms with van der Waals surface area (Å²) in [5, 5.41) is 36.6. The van der Waals surface area contributed by atoms with E-state index in [4.69, 9.17) is 23.9 Å². The van der Waals surface area contributed by atoms with E-state index in [0.717, 1.165) is 83.5 Å². The third kappa shape index (κ3) is 9.67. The number of ketones is 1. The van der Waals surface area contributed by atoms with Crippen LogP contribution in [-0.2, 0) is 24.7 Å². The number of phenolic OH excluding ortho intramolecular Hbond substituents is 1. The molecule has 5 aromatic carbocycles. The fraction of sp³-hybridized carbons (Fsp3) is 0.381. The number of fused-ring (bicyclic) bond motifs is 11. The fourth-order valence-corrected chi connectivity index (χ4v) is 12.3. The lowest BCUT2D eigenvalue weighted by Gasteiger charge is -2.58. The van der Waals surface area contributed by atoms with E-state index in [1.807, 2.05) is 48.5 Å². The zero-order valence-electron chi connectivity index (χ0n) is 42.4. The maximum atomic E-state index is 12.5. The number of benzene rings is 5. The van der Waals surface area contributed by atoms with Gasteiger partial charge in [-0.05, 0) is 108 Å². The van der Waals surface area contributed by atoms with Crippen LogP contribution in [0.25, 0.3) is 17.2 Å². The number of aryl methyl sites for hydroxylation is 1. The summed E-state index contributed by atoms with van der Waals surface area (Å²) in [6, 6.07) is 36.4. The lowest BCUT2D eigenvalue weighted by atomic mass is 9.62. The summed E-state index contributed by atoms with van der Waals surface area (Å²) in [4.78, 5) is 20.6. The lowest BCUT2D eigenvalue weighted by Crippen LogP contribution is -2.66. The lowest BCUT2D eigenvalue weighted by molar-refractivity contribution is 0.152. The van der Waals surface area contributed by atoms with Crippen LogP contribution >= 0.6 is 0 Å². The van der Waals surface area contributed by atoms with Gasteiger partial charge >= 0.3 is 5.78 Å². The van der Waals surface area contributed by atoms with Gasteiger partial charge in [0.25, 0.3) is 0 Å². The van der Waals surface area contributed by atoms with Crippen molar-refractivity contribution in [3.05, 3.63) is 160 Å². The summed E-state index contributed by atoms with van der Waals surface area (Å²) < 4.78 is 27.5. The van der Waals surface area contributed by atoms with Crippen LogP contribution in [0.2, 0.25) is 0 Å². The number of aliphatic hydroxyl groups excluding tert-OH is 2. The van der Waals surface area contributed by atoms with Gasteiger partial charge in [0.05, 0.1) is 44.0 Å². The van der Waals surface area contributed by atoms with E-state index in [9.17, 15) is 20.1 Å². The molecule has 1 saturated heterocycles. The predicted octanol–water partition coefficient (Wildman–Crippen LogP) is 9.78. The second-order valence-corrected chi connectivity index (χ2v) is 20.8. The zero-order valence-corrected chi connectivity index (χ0v) is 42.4. The van der Waals surface area contributed by atoms with Gasteiger partial charge in [-0.2, -0.15) is 0 Å².